The molecule has 2 atom stereocenters. The third kappa shape index (κ3) is 4.77. The largest absolute Gasteiger partial charge is 0.303 e. The molecule has 0 aliphatic heterocycles. The zero-order valence-corrected chi connectivity index (χ0v) is 7.92. The number of carbonyl (C=O) groups is 1. The van der Waals surface area contributed by atoms with E-state index in [-0.39, 0.29) is 5.92 Å². The second kappa shape index (κ2) is 5.11. The average molecular weight is 154 g/mol. The van der Waals surface area contributed by atoms with Crippen molar-refractivity contribution in [2.45, 2.75) is 34.1 Å². The number of allylic oxidation sites excluding steroid dienone is 2. The lowest BCUT2D eigenvalue weighted by Crippen LogP contribution is -2.07. The number of rotatable bonds is 4. The van der Waals surface area contributed by atoms with Crippen LogP contribution in [0.4, 0.5) is 0 Å². The van der Waals surface area contributed by atoms with Crippen LogP contribution in [0.25, 0.3) is 0 Å². The smallest absolute Gasteiger partial charge is 0.123 e. The standard InChI is InChI=1S/C10H18O/c1-8(2)5-6-9(3)10(4)7-11/h5,7,9-10H,6H2,1-4H3/t9-,10+/m1/s1. The topological polar surface area (TPSA) is 17.1 Å². The maximum absolute atomic E-state index is 10.4. The molecule has 11 heavy (non-hydrogen) atoms. The average Bonchev–Trinajstić information content (AvgIpc) is 1.98. The lowest BCUT2D eigenvalue weighted by molar-refractivity contribution is -0.111. The van der Waals surface area contributed by atoms with Gasteiger partial charge in [-0.1, -0.05) is 25.5 Å². The lowest BCUT2D eigenvalue weighted by Gasteiger charge is -2.11. The third-order valence-electron chi connectivity index (χ3n) is 2.01. The summed E-state index contributed by atoms with van der Waals surface area (Å²) in [4.78, 5) is 10.4. The van der Waals surface area contributed by atoms with Gasteiger partial charge in [0.05, 0.1) is 0 Å². The van der Waals surface area contributed by atoms with Crippen LogP contribution in [0, 0.1) is 11.8 Å². The summed E-state index contributed by atoms with van der Waals surface area (Å²) in [6.45, 7) is 8.24. The van der Waals surface area contributed by atoms with E-state index in [2.05, 4.69) is 26.8 Å². The summed E-state index contributed by atoms with van der Waals surface area (Å²) in [6.07, 6.45) is 4.23. The van der Waals surface area contributed by atoms with E-state index >= 15 is 0 Å². The van der Waals surface area contributed by atoms with Crippen molar-refractivity contribution in [3.05, 3.63) is 11.6 Å². The first-order chi connectivity index (χ1) is 5.07. The summed E-state index contributed by atoms with van der Waals surface area (Å²) < 4.78 is 0. The van der Waals surface area contributed by atoms with Gasteiger partial charge in [-0.05, 0) is 26.2 Å². The molecule has 0 aromatic heterocycles. The minimum atomic E-state index is 0.186. The van der Waals surface area contributed by atoms with Crippen LogP contribution in [-0.4, -0.2) is 6.29 Å². The van der Waals surface area contributed by atoms with Crippen molar-refractivity contribution in [1.82, 2.24) is 0 Å². The van der Waals surface area contributed by atoms with Crippen molar-refractivity contribution in [2.75, 3.05) is 0 Å². The Bertz CT molecular complexity index is 143. The molecule has 1 heteroatoms. The fourth-order valence-electron chi connectivity index (χ4n) is 0.770. The zero-order chi connectivity index (χ0) is 8.85. The Morgan fingerprint density at radius 3 is 2.27 bits per heavy atom. The number of hydrogen-bond acceptors (Lipinski definition) is 1. The summed E-state index contributed by atoms with van der Waals surface area (Å²) >= 11 is 0. The lowest BCUT2D eigenvalue weighted by atomic mass is 9.93. The van der Waals surface area contributed by atoms with Crippen LogP contribution >= 0.6 is 0 Å². The molecule has 64 valence electrons. The molecule has 0 aromatic rings. The molecule has 0 aliphatic carbocycles. The molecule has 0 unspecified atom stereocenters. The molecule has 0 fully saturated rings. The van der Waals surface area contributed by atoms with Crippen LogP contribution in [0.15, 0.2) is 11.6 Å². The van der Waals surface area contributed by atoms with E-state index in [1.165, 1.54) is 5.57 Å². The van der Waals surface area contributed by atoms with Gasteiger partial charge in [0.2, 0.25) is 0 Å². The Morgan fingerprint density at radius 1 is 1.36 bits per heavy atom. The molecular formula is C10H18O. The molecule has 0 radical (unpaired) electrons. The molecule has 0 aromatic carbocycles. The van der Waals surface area contributed by atoms with Crippen LogP contribution in [0.2, 0.25) is 0 Å². The van der Waals surface area contributed by atoms with E-state index in [9.17, 15) is 4.79 Å². The Kier molecular flexibility index (Phi) is 4.84. The molecule has 0 bridgehead atoms. The quantitative estimate of drug-likeness (QED) is 0.449. The molecule has 0 N–H and O–H groups in total. The maximum atomic E-state index is 10.4. The predicted octanol–water partition coefficient (Wildman–Crippen LogP) is 2.81. The first-order valence-corrected chi connectivity index (χ1v) is 4.16. The van der Waals surface area contributed by atoms with E-state index in [4.69, 9.17) is 0 Å². The van der Waals surface area contributed by atoms with Gasteiger partial charge >= 0.3 is 0 Å². The van der Waals surface area contributed by atoms with Crippen molar-refractivity contribution in [3.63, 3.8) is 0 Å². The zero-order valence-electron chi connectivity index (χ0n) is 7.92. The minimum Gasteiger partial charge on any atom is -0.303 e. The molecule has 0 aliphatic rings. The van der Waals surface area contributed by atoms with Crippen LogP contribution in [0.1, 0.15) is 34.1 Å². The van der Waals surface area contributed by atoms with Gasteiger partial charge in [0.1, 0.15) is 6.29 Å². The first kappa shape index (κ1) is 10.4. The monoisotopic (exact) mass is 154 g/mol. The predicted molar refractivity (Wildman–Crippen MR) is 48.4 cm³/mol. The van der Waals surface area contributed by atoms with Crippen LogP contribution < -0.4 is 0 Å². The molecule has 0 amide bonds. The van der Waals surface area contributed by atoms with Crippen molar-refractivity contribution < 1.29 is 4.79 Å². The number of aldehydes is 1. The van der Waals surface area contributed by atoms with E-state index in [0.29, 0.717) is 5.92 Å². The van der Waals surface area contributed by atoms with Gasteiger partial charge in [-0.25, -0.2) is 0 Å². The van der Waals surface area contributed by atoms with Crippen LogP contribution in [0.5, 0.6) is 0 Å². The molecule has 1 nitrogen and oxygen atoms in total. The summed E-state index contributed by atoms with van der Waals surface area (Å²) in [7, 11) is 0. The van der Waals surface area contributed by atoms with E-state index < -0.39 is 0 Å². The SMILES string of the molecule is CC(C)=CC[C@@H](C)[C@@H](C)C=O. The summed E-state index contributed by atoms with van der Waals surface area (Å²) in [5.41, 5.74) is 1.33. The molecule has 0 saturated carbocycles. The van der Waals surface area contributed by atoms with Crippen molar-refractivity contribution in [3.8, 4) is 0 Å². The fraction of sp³-hybridized carbons (Fsp3) is 0.700. The van der Waals surface area contributed by atoms with Gasteiger partial charge in [0.25, 0.3) is 0 Å². The molecule has 0 spiro atoms. The van der Waals surface area contributed by atoms with Gasteiger partial charge in [-0.3, -0.25) is 0 Å². The summed E-state index contributed by atoms with van der Waals surface area (Å²) in [5, 5.41) is 0. The Morgan fingerprint density at radius 2 is 1.91 bits per heavy atom. The van der Waals surface area contributed by atoms with Gasteiger partial charge in [-0.2, -0.15) is 0 Å². The second-order valence-electron chi connectivity index (χ2n) is 3.49. The molecule has 0 heterocycles. The fourth-order valence-corrected chi connectivity index (χ4v) is 0.770. The van der Waals surface area contributed by atoms with Gasteiger partial charge in [0, 0.05) is 5.92 Å². The van der Waals surface area contributed by atoms with Crippen LogP contribution in [-0.2, 0) is 4.79 Å². The van der Waals surface area contributed by atoms with Gasteiger partial charge in [0.15, 0.2) is 0 Å². The highest BCUT2D eigenvalue weighted by molar-refractivity contribution is 5.53. The highest BCUT2D eigenvalue weighted by Crippen LogP contribution is 2.13. The van der Waals surface area contributed by atoms with E-state index in [1.54, 1.807) is 0 Å². The van der Waals surface area contributed by atoms with E-state index in [1.807, 2.05) is 6.92 Å². The molecule has 0 rings (SSSR count). The van der Waals surface area contributed by atoms with Crippen molar-refractivity contribution in [2.24, 2.45) is 11.8 Å². The Hall–Kier alpha value is -0.590. The van der Waals surface area contributed by atoms with Gasteiger partial charge in [-0.15, -0.1) is 0 Å². The van der Waals surface area contributed by atoms with Gasteiger partial charge < -0.3 is 4.79 Å². The van der Waals surface area contributed by atoms with Crippen molar-refractivity contribution in [1.29, 1.82) is 0 Å². The first-order valence-electron chi connectivity index (χ1n) is 4.16. The van der Waals surface area contributed by atoms with E-state index in [0.717, 1.165) is 12.7 Å². The normalized spacial score (nSPS) is 15.3. The highest BCUT2D eigenvalue weighted by atomic mass is 16.1. The number of hydrogen-bond donors (Lipinski definition) is 0. The molecular weight excluding hydrogens is 136 g/mol. The summed E-state index contributed by atoms with van der Waals surface area (Å²) in [6, 6.07) is 0. The number of carbonyl (C=O) groups excluding carboxylic acids is 1. The third-order valence-corrected chi connectivity index (χ3v) is 2.01. The van der Waals surface area contributed by atoms with Crippen LogP contribution in [0.3, 0.4) is 0 Å². The van der Waals surface area contributed by atoms with Crippen molar-refractivity contribution >= 4 is 6.29 Å². The highest BCUT2D eigenvalue weighted by Gasteiger charge is 2.08. The molecule has 0 saturated heterocycles. The summed E-state index contributed by atoms with van der Waals surface area (Å²) in [5.74, 6) is 0.660. The second-order valence-corrected chi connectivity index (χ2v) is 3.49. The Balaban J connectivity index is 3.77. The Labute approximate surface area is 69.5 Å². The minimum absolute atomic E-state index is 0.186. The maximum Gasteiger partial charge on any atom is 0.123 e.